The predicted molar refractivity (Wildman–Crippen MR) is 115 cm³/mol. The van der Waals surface area contributed by atoms with Crippen LogP contribution in [0.4, 0.5) is 11.4 Å². The summed E-state index contributed by atoms with van der Waals surface area (Å²) in [7, 11) is 1.63. The average molecular weight is 395 g/mol. The number of ether oxygens (including phenoxy) is 2. The topological polar surface area (TPSA) is 42.0 Å². The molecule has 2 aromatic rings. The third-order valence-electron chi connectivity index (χ3n) is 6.02. The molecule has 2 aliphatic heterocycles. The molecule has 0 bridgehead atoms. The standard InChI is InChI=1S/C24H30N2O3/c1-18-7-5-14-25(18)15-6-16-29-20-11-12-21-19(17-20)10-13-24(27)26(21)22-8-3-4-9-23(22)28-2/h3-4,8-9,11-12,17-18H,5-7,10,13-16H2,1-2H3/t18-/m1/s1. The van der Waals surface area contributed by atoms with E-state index in [1.807, 2.05) is 36.4 Å². The molecule has 0 radical (unpaired) electrons. The lowest BCUT2D eigenvalue weighted by atomic mass is 10.00. The fourth-order valence-corrected chi connectivity index (χ4v) is 4.42. The fraction of sp³-hybridized carbons (Fsp3) is 0.458. The summed E-state index contributed by atoms with van der Waals surface area (Å²) in [4.78, 5) is 17.0. The van der Waals surface area contributed by atoms with Gasteiger partial charge < -0.3 is 14.4 Å². The van der Waals surface area contributed by atoms with Crippen LogP contribution in [0.1, 0.15) is 38.2 Å². The van der Waals surface area contributed by atoms with Gasteiger partial charge in [0.25, 0.3) is 0 Å². The van der Waals surface area contributed by atoms with Gasteiger partial charge in [0.1, 0.15) is 11.5 Å². The molecule has 5 heteroatoms. The van der Waals surface area contributed by atoms with Crippen LogP contribution in [0.25, 0.3) is 0 Å². The van der Waals surface area contributed by atoms with Crippen LogP contribution in [-0.2, 0) is 11.2 Å². The van der Waals surface area contributed by atoms with Gasteiger partial charge in [-0.25, -0.2) is 0 Å². The zero-order valence-electron chi connectivity index (χ0n) is 17.4. The summed E-state index contributed by atoms with van der Waals surface area (Å²) < 4.78 is 11.5. The third-order valence-corrected chi connectivity index (χ3v) is 6.02. The number of likely N-dealkylation sites (tertiary alicyclic amines) is 1. The number of fused-ring (bicyclic) bond motifs is 1. The number of benzene rings is 2. The predicted octanol–water partition coefficient (Wildman–Crippen LogP) is 4.56. The van der Waals surface area contributed by atoms with Crippen molar-refractivity contribution in [1.29, 1.82) is 0 Å². The zero-order chi connectivity index (χ0) is 20.2. The summed E-state index contributed by atoms with van der Waals surface area (Å²) in [5.41, 5.74) is 2.85. The summed E-state index contributed by atoms with van der Waals surface area (Å²) in [5, 5.41) is 0. The van der Waals surface area contributed by atoms with Crippen LogP contribution in [-0.4, -0.2) is 43.7 Å². The molecule has 1 fully saturated rings. The van der Waals surface area contributed by atoms with Gasteiger partial charge in [0.2, 0.25) is 5.91 Å². The highest BCUT2D eigenvalue weighted by Crippen LogP contribution is 2.40. The van der Waals surface area contributed by atoms with Gasteiger partial charge in [-0.05, 0) is 75.0 Å². The first-order valence-electron chi connectivity index (χ1n) is 10.6. The lowest BCUT2D eigenvalue weighted by Crippen LogP contribution is -2.31. The number of amides is 1. The largest absolute Gasteiger partial charge is 0.495 e. The Balaban J connectivity index is 1.45. The van der Waals surface area contributed by atoms with Crippen molar-refractivity contribution in [2.75, 3.05) is 31.7 Å². The molecular formula is C24H30N2O3. The van der Waals surface area contributed by atoms with Gasteiger partial charge in [-0.3, -0.25) is 9.69 Å². The molecular weight excluding hydrogens is 364 g/mol. The number of nitrogens with zero attached hydrogens (tertiary/aromatic N) is 2. The Hall–Kier alpha value is -2.53. The second-order valence-electron chi connectivity index (χ2n) is 7.92. The van der Waals surface area contributed by atoms with Gasteiger partial charge in [-0.1, -0.05) is 12.1 Å². The van der Waals surface area contributed by atoms with Crippen LogP contribution in [0.2, 0.25) is 0 Å². The van der Waals surface area contributed by atoms with E-state index in [1.165, 1.54) is 19.4 Å². The molecule has 29 heavy (non-hydrogen) atoms. The van der Waals surface area contributed by atoms with E-state index in [9.17, 15) is 4.79 Å². The second kappa shape index (κ2) is 8.87. The molecule has 2 aromatic carbocycles. The number of carbonyl (C=O) groups is 1. The Morgan fingerprint density at radius 3 is 2.76 bits per heavy atom. The molecule has 2 heterocycles. The minimum absolute atomic E-state index is 0.0930. The summed E-state index contributed by atoms with van der Waals surface area (Å²) >= 11 is 0. The maximum atomic E-state index is 12.7. The van der Waals surface area contributed by atoms with Gasteiger partial charge >= 0.3 is 0 Å². The highest BCUT2D eigenvalue weighted by molar-refractivity contribution is 6.04. The van der Waals surface area contributed by atoms with Gasteiger partial charge in [-0.15, -0.1) is 0 Å². The van der Waals surface area contributed by atoms with Crippen molar-refractivity contribution in [1.82, 2.24) is 4.90 Å². The van der Waals surface area contributed by atoms with Gasteiger partial charge in [0.05, 0.1) is 25.1 Å². The lowest BCUT2D eigenvalue weighted by molar-refractivity contribution is -0.118. The number of aryl methyl sites for hydroxylation is 1. The number of methoxy groups -OCH3 is 1. The Morgan fingerprint density at radius 2 is 1.97 bits per heavy atom. The Kier molecular flexibility index (Phi) is 6.05. The molecule has 0 aromatic heterocycles. The van der Waals surface area contributed by atoms with Crippen molar-refractivity contribution in [2.45, 2.75) is 45.1 Å². The number of rotatable bonds is 7. The molecule has 2 aliphatic rings. The Bertz CT molecular complexity index is 867. The van der Waals surface area contributed by atoms with E-state index in [2.05, 4.69) is 17.9 Å². The maximum Gasteiger partial charge on any atom is 0.232 e. The van der Waals surface area contributed by atoms with E-state index in [4.69, 9.17) is 9.47 Å². The lowest BCUT2D eigenvalue weighted by Gasteiger charge is -2.30. The van der Waals surface area contributed by atoms with Crippen LogP contribution in [0, 0.1) is 0 Å². The molecule has 0 aliphatic carbocycles. The van der Waals surface area contributed by atoms with Crippen molar-refractivity contribution in [2.24, 2.45) is 0 Å². The van der Waals surface area contributed by atoms with Crippen molar-refractivity contribution in [3.05, 3.63) is 48.0 Å². The van der Waals surface area contributed by atoms with Gasteiger partial charge in [-0.2, -0.15) is 0 Å². The van der Waals surface area contributed by atoms with Crippen LogP contribution >= 0.6 is 0 Å². The first-order valence-corrected chi connectivity index (χ1v) is 10.6. The first-order chi connectivity index (χ1) is 14.2. The third kappa shape index (κ3) is 4.25. The molecule has 5 nitrogen and oxygen atoms in total. The quantitative estimate of drug-likeness (QED) is 0.646. The maximum absolute atomic E-state index is 12.7. The fourth-order valence-electron chi connectivity index (χ4n) is 4.42. The monoisotopic (exact) mass is 394 g/mol. The van der Waals surface area contributed by atoms with E-state index in [0.29, 0.717) is 18.2 Å². The first kappa shape index (κ1) is 19.8. The number of carbonyl (C=O) groups excluding carboxylic acids is 1. The molecule has 154 valence electrons. The number of hydrogen-bond acceptors (Lipinski definition) is 4. The van der Waals surface area contributed by atoms with E-state index >= 15 is 0 Å². The number of hydrogen-bond donors (Lipinski definition) is 0. The average Bonchev–Trinajstić information content (AvgIpc) is 3.16. The van der Waals surface area contributed by atoms with E-state index in [1.54, 1.807) is 12.0 Å². The van der Waals surface area contributed by atoms with Crippen molar-refractivity contribution in [3.63, 3.8) is 0 Å². The summed E-state index contributed by atoms with van der Waals surface area (Å²) in [6.07, 6.45) is 4.89. The second-order valence-corrected chi connectivity index (χ2v) is 7.92. The van der Waals surface area contributed by atoms with Crippen molar-refractivity contribution in [3.8, 4) is 11.5 Å². The minimum Gasteiger partial charge on any atom is -0.495 e. The highest BCUT2D eigenvalue weighted by Gasteiger charge is 2.28. The summed E-state index contributed by atoms with van der Waals surface area (Å²) in [6.45, 7) is 5.35. The Labute approximate surface area is 173 Å². The SMILES string of the molecule is COc1ccccc1N1C(=O)CCc2cc(OCCCN3CCC[C@H]3C)ccc21. The Morgan fingerprint density at radius 1 is 1.10 bits per heavy atom. The molecule has 1 atom stereocenters. The molecule has 0 saturated carbocycles. The van der Waals surface area contributed by atoms with Crippen LogP contribution in [0.15, 0.2) is 42.5 Å². The molecule has 4 rings (SSSR count). The smallest absolute Gasteiger partial charge is 0.232 e. The molecule has 1 amide bonds. The van der Waals surface area contributed by atoms with Crippen molar-refractivity contribution >= 4 is 17.3 Å². The van der Waals surface area contributed by atoms with E-state index < -0.39 is 0 Å². The van der Waals surface area contributed by atoms with E-state index in [-0.39, 0.29) is 5.91 Å². The molecule has 0 spiro atoms. The van der Waals surface area contributed by atoms with Gasteiger partial charge in [0, 0.05) is 19.0 Å². The highest BCUT2D eigenvalue weighted by atomic mass is 16.5. The minimum atomic E-state index is 0.0930. The van der Waals surface area contributed by atoms with Crippen LogP contribution < -0.4 is 14.4 Å². The molecule has 1 saturated heterocycles. The summed E-state index contributed by atoms with van der Waals surface area (Å²) in [5.74, 6) is 1.67. The summed E-state index contributed by atoms with van der Waals surface area (Å²) in [6, 6.07) is 14.4. The van der Waals surface area contributed by atoms with Crippen molar-refractivity contribution < 1.29 is 14.3 Å². The number of anilines is 2. The molecule has 0 unspecified atom stereocenters. The number of para-hydroxylation sites is 2. The van der Waals surface area contributed by atoms with Crippen LogP contribution in [0.3, 0.4) is 0 Å². The van der Waals surface area contributed by atoms with E-state index in [0.717, 1.165) is 48.7 Å². The zero-order valence-corrected chi connectivity index (χ0v) is 17.4. The normalized spacial score (nSPS) is 19.3. The van der Waals surface area contributed by atoms with Crippen LogP contribution in [0.5, 0.6) is 11.5 Å². The molecule has 0 N–H and O–H groups in total. The van der Waals surface area contributed by atoms with Gasteiger partial charge in [0.15, 0.2) is 0 Å².